The summed E-state index contributed by atoms with van der Waals surface area (Å²) < 4.78 is 0. The lowest BCUT2D eigenvalue weighted by Crippen LogP contribution is -2.41. The maximum absolute atomic E-state index is 6.54. The van der Waals surface area contributed by atoms with Gasteiger partial charge in [0, 0.05) is 22.6 Å². The minimum atomic E-state index is -0.115. The van der Waals surface area contributed by atoms with Crippen LogP contribution in [0, 0.1) is 0 Å². The lowest BCUT2D eigenvalue weighted by atomic mass is 9.70. The Kier molecular flexibility index (Phi) is 4.46. The zero-order chi connectivity index (χ0) is 15.6. The van der Waals surface area contributed by atoms with Crippen molar-refractivity contribution < 1.29 is 0 Å². The molecule has 1 N–H and O–H groups in total. The Morgan fingerprint density at radius 1 is 1.14 bits per heavy atom. The first kappa shape index (κ1) is 15.4. The molecule has 1 aliphatic rings. The summed E-state index contributed by atoms with van der Waals surface area (Å²) in [5, 5.41) is 4.28. The number of hydrogen-bond donors (Lipinski definition) is 1. The van der Waals surface area contributed by atoms with Crippen LogP contribution in [0.15, 0.2) is 36.5 Å². The highest BCUT2D eigenvalue weighted by Gasteiger charge is 2.38. The van der Waals surface area contributed by atoms with Crippen molar-refractivity contribution in [1.29, 1.82) is 0 Å². The van der Waals surface area contributed by atoms with E-state index in [0.717, 1.165) is 42.5 Å². The molecule has 3 rings (SSSR count). The van der Waals surface area contributed by atoms with E-state index in [9.17, 15) is 0 Å². The quantitative estimate of drug-likeness (QED) is 0.932. The number of piperidine rings is 1. The third kappa shape index (κ3) is 2.75. The Balaban J connectivity index is 2.15. The van der Waals surface area contributed by atoms with Gasteiger partial charge in [-0.05, 0) is 43.6 Å². The van der Waals surface area contributed by atoms with E-state index in [1.165, 1.54) is 5.56 Å². The molecule has 22 heavy (non-hydrogen) atoms. The van der Waals surface area contributed by atoms with Crippen molar-refractivity contribution in [3.8, 4) is 0 Å². The van der Waals surface area contributed by atoms with Crippen LogP contribution < -0.4 is 5.32 Å². The number of nitrogens with zero attached hydrogens (tertiary/aromatic N) is 2. The van der Waals surface area contributed by atoms with Gasteiger partial charge in [0.2, 0.25) is 0 Å². The smallest absolute Gasteiger partial charge is 0.131 e. The molecule has 1 aromatic carbocycles. The Labute approximate surface area is 137 Å². The van der Waals surface area contributed by atoms with Crippen LogP contribution in [0.1, 0.15) is 49.7 Å². The summed E-state index contributed by atoms with van der Waals surface area (Å²) in [7, 11) is 0. The molecule has 0 saturated carbocycles. The van der Waals surface area contributed by atoms with Crippen molar-refractivity contribution in [2.45, 2.75) is 38.0 Å². The van der Waals surface area contributed by atoms with Gasteiger partial charge in [0.25, 0.3) is 0 Å². The van der Waals surface area contributed by atoms with Crippen LogP contribution >= 0.6 is 11.6 Å². The van der Waals surface area contributed by atoms with Crippen molar-refractivity contribution >= 4 is 11.6 Å². The fraction of sp³-hybridized carbons (Fsp3) is 0.444. The van der Waals surface area contributed by atoms with E-state index in [1.54, 1.807) is 0 Å². The van der Waals surface area contributed by atoms with Gasteiger partial charge in [0.05, 0.1) is 5.69 Å². The number of hydrogen-bond acceptors (Lipinski definition) is 3. The first-order valence-corrected chi connectivity index (χ1v) is 8.30. The van der Waals surface area contributed by atoms with Crippen molar-refractivity contribution in [2.24, 2.45) is 0 Å². The van der Waals surface area contributed by atoms with E-state index in [1.807, 2.05) is 18.3 Å². The summed E-state index contributed by atoms with van der Waals surface area (Å²) in [6, 6.07) is 10.2. The Morgan fingerprint density at radius 3 is 2.55 bits per heavy atom. The molecule has 3 nitrogen and oxygen atoms in total. The van der Waals surface area contributed by atoms with Crippen LogP contribution in [0.2, 0.25) is 5.02 Å². The van der Waals surface area contributed by atoms with Gasteiger partial charge in [-0.15, -0.1) is 0 Å². The maximum atomic E-state index is 6.54. The third-order valence-electron chi connectivity index (χ3n) is 4.53. The lowest BCUT2D eigenvalue weighted by Gasteiger charge is -2.38. The van der Waals surface area contributed by atoms with Gasteiger partial charge in [-0.2, -0.15) is 0 Å². The number of nitrogens with one attached hydrogen (secondary N) is 1. The molecule has 0 amide bonds. The van der Waals surface area contributed by atoms with Gasteiger partial charge in [-0.1, -0.05) is 43.6 Å². The van der Waals surface area contributed by atoms with Crippen molar-refractivity contribution in [3.05, 3.63) is 58.6 Å². The molecule has 0 radical (unpaired) electrons. The topological polar surface area (TPSA) is 37.8 Å². The Bertz CT molecular complexity index is 648. The van der Waals surface area contributed by atoms with E-state index in [2.05, 4.69) is 42.3 Å². The second-order valence-electron chi connectivity index (χ2n) is 6.27. The van der Waals surface area contributed by atoms with Crippen LogP contribution in [-0.2, 0) is 5.41 Å². The third-order valence-corrected chi connectivity index (χ3v) is 4.86. The lowest BCUT2D eigenvalue weighted by molar-refractivity contribution is 0.353. The van der Waals surface area contributed by atoms with E-state index in [4.69, 9.17) is 16.6 Å². The molecule has 0 spiro atoms. The molecule has 0 aliphatic carbocycles. The second kappa shape index (κ2) is 6.35. The predicted molar refractivity (Wildman–Crippen MR) is 90.5 cm³/mol. The van der Waals surface area contributed by atoms with E-state index in [0.29, 0.717) is 5.92 Å². The maximum Gasteiger partial charge on any atom is 0.131 e. The molecular formula is C18H22ClN3. The molecule has 0 atom stereocenters. The van der Waals surface area contributed by atoms with Crippen molar-refractivity contribution in [2.75, 3.05) is 13.1 Å². The zero-order valence-electron chi connectivity index (χ0n) is 13.1. The number of aromatic nitrogens is 2. The highest BCUT2D eigenvalue weighted by atomic mass is 35.5. The Morgan fingerprint density at radius 2 is 1.86 bits per heavy atom. The molecule has 1 aliphatic heterocycles. The molecule has 1 aromatic heterocycles. The van der Waals surface area contributed by atoms with E-state index >= 15 is 0 Å². The largest absolute Gasteiger partial charge is 0.317 e. The number of rotatable bonds is 3. The summed E-state index contributed by atoms with van der Waals surface area (Å²) in [4.78, 5) is 9.31. The monoisotopic (exact) mass is 315 g/mol. The van der Waals surface area contributed by atoms with Crippen LogP contribution in [0.4, 0.5) is 0 Å². The molecule has 1 saturated heterocycles. The van der Waals surface area contributed by atoms with Gasteiger partial charge in [0.1, 0.15) is 5.82 Å². The normalized spacial score (nSPS) is 17.6. The highest BCUT2D eigenvalue weighted by Crippen LogP contribution is 2.42. The Hall–Kier alpha value is -1.45. The van der Waals surface area contributed by atoms with Crippen LogP contribution in [-0.4, -0.2) is 23.1 Å². The summed E-state index contributed by atoms with van der Waals surface area (Å²) >= 11 is 6.54. The van der Waals surface area contributed by atoms with Gasteiger partial charge in [0.15, 0.2) is 0 Å². The number of halogens is 1. The van der Waals surface area contributed by atoms with E-state index in [-0.39, 0.29) is 5.41 Å². The summed E-state index contributed by atoms with van der Waals surface area (Å²) in [6.07, 6.45) is 3.90. The number of benzene rings is 1. The van der Waals surface area contributed by atoms with Gasteiger partial charge < -0.3 is 5.32 Å². The standard InChI is InChI=1S/C18H22ClN3/c1-13(2)17-21-10-7-16(22-17)18(8-11-20-12-9-18)14-5-3-4-6-15(14)19/h3-7,10,13,20H,8-9,11-12H2,1-2H3. The molecule has 116 valence electrons. The molecular weight excluding hydrogens is 294 g/mol. The minimum Gasteiger partial charge on any atom is -0.317 e. The zero-order valence-corrected chi connectivity index (χ0v) is 13.9. The highest BCUT2D eigenvalue weighted by molar-refractivity contribution is 6.31. The summed E-state index contributed by atoms with van der Waals surface area (Å²) in [6.45, 7) is 6.21. The fourth-order valence-electron chi connectivity index (χ4n) is 3.28. The van der Waals surface area contributed by atoms with Gasteiger partial charge in [-0.25, -0.2) is 9.97 Å². The fourth-order valence-corrected chi connectivity index (χ4v) is 3.60. The van der Waals surface area contributed by atoms with Crippen molar-refractivity contribution in [1.82, 2.24) is 15.3 Å². The second-order valence-corrected chi connectivity index (χ2v) is 6.67. The molecule has 4 heteroatoms. The average Bonchev–Trinajstić information content (AvgIpc) is 2.56. The predicted octanol–water partition coefficient (Wildman–Crippen LogP) is 3.92. The van der Waals surface area contributed by atoms with Crippen LogP contribution in [0.3, 0.4) is 0 Å². The van der Waals surface area contributed by atoms with E-state index < -0.39 is 0 Å². The van der Waals surface area contributed by atoms with Crippen molar-refractivity contribution in [3.63, 3.8) is 0 Å². The van der Waals surface area contributed by atoms with Crippen LogP contribution in [0.25, 0.3) is 0 Å². The molecule has 0 bridgehead atoms. The molecule has 2 aromatic rings. The van der Waals surface area contributed by atoms with Gasteiger partial charge in [-0.3, -0.25) is 0 Å². The summed E-state index contributed by atoms with van der Waals surface area (Å²) in [5.74, 6) is 1.23. The minimum absolute atomic E-state index is 0.115. The average molecular weight is 316 g/mol. The summed E-state index contributed by atoms with van der Waals surface area (Å²) in [5.41, 5.74) is 2.17. The SMILES string of the molecule is CC(C)c1nccc(C2(c3ccccc3Cl)CCNCC2)n1. The van der Waals surface area contributed by atoms with Gasteiger partial charge >= 0.3 is 0 Å². The molecule has 2 heterocycles. The first-order chi connectivity index (χ1) is 10.6. The molecule has 0 unspecified atom stereocenters. The molecule has 1 fully saturated rings. The first-order valence-electron chi connectivity index (χ1n) is 7.92. The van der Waals surface area contributed by atoms with Crippen LogP contribution in [0.5, 0.6) is 0 Å².